The van der Waals surface area contributed by atoms with Gasteiger partial charge in [-0.3, -0.25) is 19.1 Å². The average Bonchev–Trinajstić information content (AvgIpc) is 2.71. The van der Waals surface area contributed by atoms with Crippen LogP contribution >= 0.6 is 15.9 Å². The number of unbranched alkanes of at least 4 members (excludes halogenated alkanes) is 2. The SMILES string of the molecule is CCCCN(C(=O)C(C)Oc1ccc(F)cc1Br)c1c(N)n(CCCC)c(=O)[nH]c1=O. The number of hydrogen-bond donors (Lipinski definition) is 2. The molecule has 31 heavy (non-hydrogen) atoms. The number of H-pyrrole nitrogens is 1. The summed E-state index contributed by atoms with van der Waals surface area (Å²) in [5.41, 5.74) is 4.79. The fourth-order valence-electron chi connectivity index (χ4n) is 3.06. The topological polar surface area (TPSA) is 110 Å². The minimum atomic E-state index is -0.992. The number of nitrogen functional groups attached to an aromatic ring is 1. The van der Waals surface area contributed by atoms with Crippen LogP contribution in [0.4, 0.5) is 15.9 Å². The van der Waals surface area contributed by atoms with Crippen LogP contribution in [0.1, 0.15) is 46.5 Å². The van der Waals surface area contributed by atoms with Crippen LogP contribution in [0.2, 0.25) is 0 Å². The molecule has 0 saturated carbocycles. The second-order valence-electron chi connectivity index (χ2n) is 7.18. The first-order valence-electron chi connectivity index (χ1n) is 10.3. The summed E-state index contributed by atoms with van der Waals surface area (Å²) in [7, 11) is 0. The zero-order valence-corrected chi connectivity index (χ0v) is 19.5. The Morgan fingerprint density at radius 2 is 1.97 bits per heavy atom. The number of nitrogens with zero attached hydrogens (tertiary/aromatic N) is 2. The standard InChI is InChI=1S/C21H28BrFN4O4/c1-4-6-10-26(17-18(24)27(11-7-5-2)21(30)25-19(17)28)20(29)13(3)31-16-9-8-14(23)12-15(16)22/h8-9,12-13H,4-7,10-11,24H2,1-3H3,(H,25,28,30). The van der Waals surface area contributed by atoms with Gasteiger partial charge in [-0.25, -0.2) is 9.18 Å². The highest BCUT2D eigenvalue weighted by atomic mass is 79.9. The fourth-order valence-corrected chi connectivity index (χ4v) is 3.50. The van der Waals surface area contributed by atoms with Crippen LogP contribution in [-0.4, -0.2) is 28.1 Å². The monoisotopic (exact) mass is 498 g/mol. The molecule has 2 rings (SSSR count). The molecule has 1 unspecified atom stereocenters. The van der Waals surface area contributed by atoms with Gasteiger partial charge < -0.3 is 15.4 Å². The minimum Gasteiger partial charge on any atom is -0.480 e. The Morgan fingerprint density at radius 1 is 1.29 bits per heavy atom. The van der Waals surface area contributed by atoms with Gasteiger partial charge in [0.15, 0.2) is 11.8 Å². The van der Waals surface area contributed by atoms with E-state index >= 15 is 0 Å². The average molecular weight is 499 g/mol. The first-order chi connectivity index (χ1) is 14.7. The summed E-state index contributed by atoms with van der Waals surface area (Å²) in [6.07, 6.45) is 1.92. The Balaban J connectivity index is 2.43. The second-order valence-corrected chi connectivity index (χ2v) is 8.03. The highest BCUT2D eigenvalue weighted by Crippen LogP contribution is 2.27. The number of halogens is 2. The number of nitrogens with one attached hydrogen (secondary N) is 1. The van der Waals surface area contributed by atoms with E-state index in [1.165, 1.54) is 34.6 Å². The van der Waals surface area contributed by atoms with Crippen molar-refractivity contribution in [3.05, 3.63) is 49.3 Å². The quantitative estimate of drug-likeness (QED) is 0.521. The fraction of sp³-hybridized carbons (Fsp3) is 0.476. The minimum absolute atomic E-state index is 0.0539. The van der Waals surface area contributed by atoms with Crippen molar-refractivity contribution in [1.82, 2.24) is 9.55 Å². The zero-order chi connectivity index (χ0) is 23.1. The number of carbonyl (C=O) groups excluding carboxylic acids is 1. The lowest BCUT2D eigenvalue weighted by Crippen LogP contribution is -2.46. The molecule has 1 amide bonds. The van der Waals surface area contributed by atoms with Crippen molar-refractivity contribution >= 4 is 33.3 Å². The third-order valence-corrected chi connectivity index (χ3v) is 5.39. The van der Waals surface area contributed by atoms with Crippen molar-refractivity contribution in [2.45, 2.75) is 59.1 Å². The number of anilines is 2. The van der Waals surface area contributed by atoms with Gasteiger partial charge in [0.1, 0.15) is 17.4 Å². The summed E-state index contributed by atoms with van der Waals surface area (Å²) in [5.74, 6) is -0.715. The molecule has 1 aromatic heterocycles. The summed E-state index contributed by atoms with van der Waals surface area (Å²) in [6, 6.07) is 3.86. The molecule has 0 aliphatic carbocycles. The van der Waals surface area contributed by atoms with Crippen molar-refractivity contribution in [3.8, 4) is 5.75 Å². The predicted molar refractivity (Wildman–Crippen MR) is 122 cm³/mol. The van der Waals surface area contributed by atoms with Gasteiger partial charge in [-0.05, 0) is 53.9 Å². The molecule has 8 nitrogen and oxygen atoms in total. The summed E-state index contributed by atoms with van der Waals surface area (Å²) in [4.78, 5) is 41.7. The van der Waals surface area contributed by atoms with Crippen LogP contribution in [0.25, 0.3) is 0 Å². The Hall–Kier alpha value is -2.62. The zero-order valence-electron chi connectivity index (χ0n) is 17.9. The molecule has 1 heterocycles. The van der Waals surface area contributed by atoms with E-state index in [1.807, 2.05) is 13.8 Å². The number of rotatable bonds is 10. The molecule has 0 aliphatic rings. The van der Waals surface area contributed by atoms with Crippen molar-refractivity contribution in [1.29, 1.82) is 0 Å². The van der Waals surface area contributed by atoms with Gasteiger partial charge in [0.2, 0.25) is 0 Å². The Labute approximate surface area is 188 Å². The molecule has 0 aliphatic heterocycles. The van der Waals surface area contributed by atoms with E-state index in [0.717, 1.165) is 12.8 Å². The molecular weight excluding hydrogens is 471 g/mol. The Morgan fingerprint density at radius 3 is 2.58 bits per heavy atom. The molecule has 3 N–H and O–H groups in total. The predicted octanol–water partition coefficient (Wildman–Crippen LogP) is 3.42. The van der Waals surface area contributed by atoms with Crippen LogP contribution in [-0.2, 0) is 11.3 Å². The molecular formula is C21H28BrFN4O4. The van der Waals surface area contributed by atoms with Gasteiger partial charge in [0.05, 0.1) is 4.47 Å². The summed E-state index contributed by atoms with van der Waals surface area (Å²) in [6.45, 7) is 6.02. The number of benzene rings is 1. The van der Waals surface area contributed by atoms with E-state index in [1.54, 1.807) is 0 Å². The summed E-state index contributed by atoms with van der Waals surface area (Å²) in [5, 5.41) is 0. The van der Waals surface area contributed by atoms with Crippen LogP contribution in [0.5, 0.6) is 5.75 Å². The molecule has 0 spiro atoms. The maximum Gasteiger partial charge on any atom is 0.330 e. The summed E-state index contributed by atoms with van der Waals surface area (Å²) >= 11 is 3.21. The Kier molecular flexibility index (Phi) is 8.85. The molecule has 0 fully saturated rings. The van der Waals surface area contributed by atoms with Crippen molar-refractivity contribution < 1.29 is 13.9 Å². The van der Waals surface area contributed by atoms with Crippen LogP contribution < -0.4 is 26.6 Å². The molecule has 1 atom stereocenters. The highest BCUT2D eigenvalue weighted by Gasteiger charge is 2.28. The molecule has 10 heteroatoms. The molecule has 170 valence electrons. The highest BCUT2D eigenvalue weighted by molar-refractivity contribution is 9.10. The molecule has 0 radical (unpaired) electrons. The third kappa shape index (κ3) is 5.96. The third-order valence-electron chi connectivity index (χ3n) is 4.77. The number of amides is 1. The van der Waals surface area contributed by atoms with Crippen molar-refractivity contribution in [3.63, 3.8) is 0 Å². The number of hydrogen-bond acceptors (Lipinski definition) is 5. The molecule has 0 saturated heterocycles. The van der Waals surface area contributed by atoms with Crippen molar-refractivity contribution in [2.75, 3.05) is 17.2 Å². The van der Waals surface area contributed by atoms with E-state index in [-0.39, 0.29) is 23.8 Å². The lowest BCUT2D eigenvalue weighted by atomic mass is 10.2. The first kappa shape index (κ1) is 24.6. The lowest BCUT2D eigenvalue weighted by molar-refractivity contribution is -0.124. The van der Waals surface area contributed by atoms with E-state index in [2.05, 4.69) is 20.9 Å². The number of carbonyl (C=O) groups is 1. The maximum atomic E-state index is 13.3. The van der Waals surface area contributed by atoms with E-state index < -0.39 is 29.1 Å². The summed E-state index contributed by atoms with van der Waals surface area (Å²) < 4.78 is 20.7. The van der Waals surface area contributed by atoms with Gasteiger partial charge in [-0.1, -0.05) is 26.7 Å². The molecule has 2 aromatic rings. The van der Waals surface area contributed by atoms with Crippen LogP contribution in [0.15, 0.2) is 32.3 Å². The van der Waals surface area contributed by atoms with E-state index in [9.17, 15) is 18.8 Å². The van der Waals surface area contributed by atoms with Crippen LogP contribution in [0, 0.1) is 5.82 Å². The largest absolute Gasteiger partial charge is 0.480 e. The van der Waals surface area contributed by atoms with Gasteiger partial charge in [-0.2, -0.15) is 0 Å². The maximum absolute atomic E-state index is 13.3. The van der Waals surface area contributed by atoms with Crippen molar-refractivity contribution in [2.24, 2.45) is 0 Å². The Bertz CT molecular complexity index is 1040. The van der Waals surface area contributed by atoms with Crippen LogP contribution in [0.3, 0.4) is 0 Å². The van der Waals surface area contributed by atoms with Gasteiger partial charge in [0.25, 0.3) is 11.5 Å². The smallest absolute Gasteiger partial charge is 0.330 e. The second kappa shape index (κ2) is 11.1. The van der Waals surface area contributed by atoms with Gasteiger partial charge >= 0.3 is 5.69 Å². The first-order valence-corrected chi connectivity index (χ1v) is 11.1. The lowest BCUT2D eigenvalue weighted by Gasteiger charge is -2.27. The number of nitrogens with two attached hydrogens (primary N) is 1. The van der Waals surface area contributed by atoms with E-state index in [0.29, 0.717) is 23.9 Å². The van der Waals surface area contributed by atoms with Gasteiger partial charge in [-0.15, -0.1) is 0 Å². The normalized spacial score (nSPS) is 11.9. The number of aromatic amines is 1. The molecule has 0 bridgehead atoms. The number of aromatic nitrogens is 2. The van der Waals surface area contributed by atoms with E-state index in [4.69, 9.17) is 10.5 Å². The number of ether oxygens (including phenoxy) is 1. The van der Waals surface area contributed by atoms with Gasteiger partial charge in [0, 0.05) is 13.1 Å². The molecule has 1 aromatic carbocycles.